The molecule has 18 heavy (non-hydrogen) atoms. The van der Waals surface area contributed by atoms with E-state index >= 15 is 0 Å². The first-order valence-corrected chi connectivity index (χ1v) is 7.02. The minimum atomic E-state index is -0.919. The van der Waals surface area contributed by atoms with Gasteiger partial charge in [0.2, 0.25) is 5.91 Å². The molecule has 0 aliphatic rings. The Hall–Kier alpha value is -0.970. The van der Waals surface area contributed by atoms with E-state index in [1.54, 1.807) is 0 Å². The molecule has 0 heterocycles. The van der Waals surface area contributed by atoms with Crippen molar-refractivity contribution >= 4 is 21.8 Å². The zero-order valence-corrected chi connectivity index (χ0v) is 11.6. The molecule has 100 valence electrons. The molecule has 0 aliphatic carbocycles. The number of alkyl halides is 1. The van der Waals surface area contributed by atoms with Gasteiger partial charge in [0.25, 0.3) is 0 Å². The lowest BCUT2D eigenvalue weighted by Crippen LogP contribution is -2.26. The van der Waals surface area contributed by atoms with E-state index in [1.165, 1.54) is 6.07 Å². The quantitative estimate of drug-likeness (QED) is 0.607. The number of carbonyl (C=O) groups is 1. The van der Waals surface area contributed by atoms with Gasteiger partial charge in [-0.15, -0.1) is 0 Å². The monoisotopic (exact) mass is 319 g/mol. The number of hydrogen-bond donors (Lipinski definition) is 1. The fraction of sp³-hybridized carbons (Fsp3) is 0.462. The maximum atomic E-state index is 12.9. The van der Waals surface area contributed by atoms with Gasteiger partial charge < -0.3 is 5.32 Å². The van der Waals surface area contributed by atoms with Gasteiger partial charge >= 0.3 is 0 Å². The summed E-state index contributed by atoms with van der Waals surface area (Å²) in [5.41, 5.74) is 0.479. The van der Waals surface area contributed by atoms with Gasteiger partial charge in [-0.1, -0.05) is 28.4 Å². The molecule has 0 saturated carbocycles. The van der Waals surface area contributed by atoms with E-state index in [9.17, 15) is 13.6 Å². The fourth-order valence-corrected chi connectivity index (χ4v) is 1.92. The van der Waals surface area contributed by atoms with Crippen LogP contribution in [0, 0.1) is 11.6 Å². The summed E-state index contributed by atoms with van der Waals surface area (Å²) in [7, 11) is 0. The Bertz CT molecular complexity index is 399. The van der Waals surface area contributed by atoms with E-state index < -0.39 is 11.6 Å². The number of nitrogens with one attached hydrogen (secondary N) is 1. The Morgan fingerprint density at radius 3 is 2.61 bits per heavy atom. The van der Waals surface area contributed by atoms with E-state index in [-0.39, 0.29) is 12.3 Å². The average molecular weight is 320 g/mol. The lowest BCUT2D eigenvalue weighted by atomic mass is 10.1. The van der Waals surface area contributed by atoms with Gasteiger partial charge in [0.1, 0.15) is 0 Å². The number of carbonyl (C=O) groups excluding carboxylic acids is 1. The van der Waals surface area contributed by atoms with Crippen LogP contribution in [0.1, 0.15) is 24.8 Å². The summed E-state index contributed by atoms with van der Waals surface area (Å²) in [6.45, 7) is 0.621. The van der Waals surface area contributed by atoms with Crippen LogP contribution in [0.25, 0.3) is 0 Å². The second-order valence-corrected chi connectivity index (χ2v) is 4.82. The van der Waals surface area contributed by atoms with Crippen LogP contribution in [0.15, 0.2) is 18.2 Å². The Kier molecular flexibility index (Phi) is 6.86. The number of hydrogen-bond acceptors (Lipinski definition) is 1. The Labute approximate surface area is 114 Å². The van der Waals surface area contributed by atoms with Gasteiger partial charge in [0.05, 0.1) is 6.42 Å². The van der Waals surface area contributed by atoms with Crippen LogP contribution >= 0.6 is 15.9 Å². The summed E-state index contributed by atoms with van der Waals surface area (Å²) in [5.74, 6) is -1.98. The third-order valence-electron chi connectivity index (χ3n) is 2.48. The third-order valence-corrected chi connectivity index (χ3v) is 3.04. The van der Waals surface area contributed by atoms with Crippen molar-refractivity contribution in [3.05, 3.63) is 35.4 Å². The first kappa shape index (κ1) is 15.1. The van der Waals surface area contributed by atoms with Crippen LogP contribution in [0.2, 0.25) is 0 Å². The number of benzene rings is 1. The highest BCUT2D eigenvalue weighted by Gasteiger charge is 2.06. The van der Waals surface area contributed by atoms with E-state index in [1.807, 2.05) is 0 Å². The topological polar surface area (TPSA) is 29.1 Å². The predicted octanol–water partition coefficient (Wildman–Crippen LogP) is 3.19. The van der Waals surface area contributed by atoms with Gasteiger partial charge in [-0.25, -0.2) is 8.78 Å². The molecule has 0 atom stereocenters. The first-order chi connectivity index (χ1) is 8.63. The number of halogens is 3. The number of amides is 1. The van der Waals surface area contributed by atoms with E-state index in [0.717, 1.165) is 36.7 Å². The Morgan fingerprint density at radius 2 is 1.94 bits per heavy atom. The van der Waals surface area contributed by atoms with Crippen molar-refractivity contribution in [3.63, 3.8) is 0 Å². The molecule has 0 spiro atoms. The summed E-state index contributed by atoms with van der Waals surface area (Å²) in [6.07, 6.45) is 3.14. The molecule has 1 aromatic carbocycles. The molecule has 0 radical (unpaired) electrons. The van der Waals surface area contributed by atoms with Gasteiger partial charge in [-0.05, 0) is 30.5 Å². The van der Waals surface area contributed by atoms with Crippen LogP contribution in [0.5, 0.6) is 0 Å². The van der Waals surface area contributed by atoms with Crippen molar-refractivity contribution in [2.45, 2.75) is 25.7 Å². The molecule has 0 aliphatic heterocycles. The normalized spacial score (nSPS) is 10.4. The van der Waals surface area contributed by atoms with Crippen molar-refractivity contribution in [2.75, 3.05) is 11.9 Å². The van der Waals surface area contributed by atoms with Gasteiger partial charge in [-0.3, -0.25) is 4.79 Å². The van der Waals surface area contributed by atoms with E-state index in [4.69, 9.17) is 0 Å². The smallest absolute Gasteiger partial charge is 0.224 e. The Morgan fingerprint density at radius 1 is 1.17 bits per heavy atom. The molecule has 0 unspecified atom stereocenters. The van der Waals surface area contributed by atoms with Crippen molar-refractivity contribution < 1.29 is 13.6 Å². The average Bonchev–Trinajstić information content (AvgIpc) is 2.34. The lowest BCUT2D eigenvalue weighted by molar-refractivity contribution is -0.120. The molecule has 1 aromatic rings. The number of unbranched alkanes of at least 4 members (excludes halogenated alkanes) is 2. The highest BCUT2D eigenvalue weighted by molar-refractivity contribution is 9.09. The summed E-state index contributed by atoms with van der Waals surface area (Å²) in [5, 5.41) is 3.72. The molecule has 1 amide bonds. The maximum absolute atomic E-state index is 12.9. The molecule has 5 heteroatoms. The highest BCUT2D eigenvalue weighted by Crippen LogP contribution is 2.09. The summed E-state index contributed by atoms with van der Waals surface area (Å²) < 4.78 is 25.6. The van der Waals surface area contributed by atoms with Crippen LogP contribution < -0.4 is 5.32 Å². The number of rotatable bonds is 7. The Balaban J connectivity index is 2.29. The summed E-state index contributed by atoms with van der Waals surface area (Å²) in [4.78, 5) is 11.5. The minimum absolute atomic E-state index is 0.0790. The zero-order chi connectivity index (χ0) is 13.4. The molecule has 0 saturated heterocycles. The third kappa shape index (κ3) is 5.58. The fourth-order valence-electron chi connectivity index (χ4n) is 1.52. The van der Waals surface area contributed by atoms with Crippen molar-refractivity contribution in [2.24, 2.45) is 0 Å². The zero-order valence-electron chi connectivity index (χ0n) is 10.0. The van der Waals surface area contributed by atoms with Gasteiger partial charge in [0, 0.05) is 11.9 Å². The second-order valence-electron chi connectivity index (χ2n) is 4.02. The molecule has 1 N–H and O–H groups in total. The summed E-state index contributed by atoms with van der Waals surface area (Å²) >= 11 is 3.33. The molecular formula is C13H16BrF2NO. The van der Waals surface area contributed by atoms with Crippen LogP contribution in [0.4, 0.5) is 8.78 Å². The summed E-state index contributed by atoms with van der Waals surface area (Å²) in [6, 6.07) is 3.51. The molecule has 2 nitrogen and oxygen atoms in total. The highest BCUT2D eigenvalue weighted by atomic mass is 79.9. The van der Waals surface area contributed by atoms with E-state index in [0.29, 0.717) is 12.1 Å². The second kappa shape index (κ2) is 8.19. The largest absolute Gasteiger partial charge is 0.356 e. The molecule has 0 bridgehead atoms. The van der Waals surface area contributed by atoms with Gasteiger partial charge in [-0.2, -0.15) is 0 Å². The lowest BCUT2D eigenvalue weighted by Gasteiger charge is -2.05. The van der Waals surface area contributed by atoms with Crippen LogP contribution in [0.3, 0.4) is 0 Å². The molecular weight excluding hydrogens is 304 g/mol. The molecule has 0 aromatic heterocycles. The van der Waals surface area contributed by atoms with Crippen LogP contribution in [-0.4, -0.2) is 17.8 Å². The standard InChI is InChI=1S/C13H16BrF2NO/c14-6-2-1-3-7-17-13(18)9-10-4-5-11(15)12(16)8-10/h4-5,8H,1-3,6-7,9H2,(H,17,18). The predicted molar refractivity (Wildman–Crippen MR) is 70.7 cm³/mol. The van der Waals surface area contributed by atoms with Crippen molar-refractivity contribution in [1.82, 2.24) is 5.32 Å². The SMILES string of the molecule is O=C(Cc1ccc(F)c(F)c1)NCCCCCBr. The first-order valence-electron chi connectivity index (χ1n) is 5.90. The minimum Gasteiger partial charge on any atom is -0.356 e. The van der Waals surface area contributed by atoms with Crippen LogP contribution in [-0.2, 0) is 11.2 Å². The molecule has 1 rings (SSSR count). The van der Waals surface area contributed by atoms with E-state index in [2.05, 4.69) is 21.2 Å². The van der Waals surface area contributed by atoms with Crippen molar-refractivity contribution in [1.29, 1.82) is 0 Å². The van der Waals surface area contributed by atoms with Crippen molar-refractivity contribution in [3.8, 4) is 0 Å². The maximum Gasteiger partial charge on any atom is 0.224 e. The molecule has 0 fully saturated rings. The van der Waals surface area contributed by atoms with Gasteiger partial charge in [0.15, 0.2) is 11.6 Å².